The molecule has 5 rings (SSSR count). The highest BCUT2D eigenvalue weighted by Gasteiger charge is 2.40. The molecule has 7 nitrogen and oxygen atoms in total. The SMILES string of the molecule is CCOc1cc(C2Nc3ccccc3NC3=CC(c4ccc(OC)c(OC)c4)CC(=O)C32)ccc1O. The predicted octanol–water partition coefficient (Wildman–Crippen LogP) is 5.64. The third-order valence-electron chi connectivity index (χ3n) is 6.81. The van der Waals surface area contributed by atoms with Gasteiger partial charge in [-0.1, -0.05) is 30.3 Å². The summed E-state index contributed by atoms with van der Waals surface area (Å²) in [6, 6.07) is 18.6. The van der Waals surface area contributed by atoms with Crippen molar-refractivity contribution in [2.45, 2.75) is 25.3 Å². The van der Waals surface area contributed by atoms with Crippen LogP contribution in [0.1, 0.15) is 36.4 Å². The van der Waals surface area contributed by atoms with Crippen LogP contribution in [-0.4, -0.2) is 31.7 Å². The van der Waals surface area contributed by atoms with Crippen LogP contribution in [-0.2, 0) is 4.79 Å². The average molecular weight is 487 g/mol. The molecule has 3 aromatic carbocycles. The molecular weight excluding hydrogens is 456 g/mol. The lowest BCUT2D eigenvalue weighted by Crippen LogP contribution is -2.33. The highest BCUT2D eigenvalue weighted by molar-refractivity contribution is 5.90. The lowest BCUT2D eigenvalue weighted by molar-refractivity contribution is -0.122. The molecular formula is C29H30N2O5. The first-order valence-corrected chi connectivity index (χ1v) is 12.1. The molecule has 0 amide bonds. The molecule has 0 fully saturated rings. The number of ketones is 1. The van der Waals surface area contributed by atoms with Crippen molar-refractivity contribution in [3.05, 3.63) is 83.6 Å². The third kappa shape index (κ3) is 4.33. The van der Waals surface area contributed by atoms with Crippen molar-refractivity contribution in [2.24, 2.45) is 5.92 Å². The molecule has 3 N–H and O–H groups in total. The molecule has 3 aromatic rings. The summed E-state index contributed by atoms with van der Waals surface area (Å²) in [7, 11) is 3.21. The maximum atomic E-state index is 13.8. The second-order valence-electron chi connectivity index (χ2n) is 8.94. The number of phenolic OH excluding ortho intramolecular Hbond substituents is 1. The van der Waals surface area contributed by atoms with Gasteiger partial charge >= 0.3 is 0 Å². The van der Waals surface area contributed by atoms with Crippen molar-refractivity contribution >= 4 is 17.2 Å². The Balaban J connectivity index is 1.59. The van der Waals surface area contributed by atoms with Crippen LogP contribution >= 0.6 is 0 Å². The van der Waals surface area contributed by atoms with E-state index < -0.39 is 5.92 Å². The van der Waals surface area contributed by atoms with Crippen LogP contribution in [0.25, 0.3) is 0 Å². The summed E-state index contributed by atoms with van der Waals surface area (Å²) in [6.45, 7) is 2.30. The average Bonchev–Trinajstić information content (AvgIpc) is 3.06. The van der Waals surface area contributed by atoms with Gasteiger partial charge in [-0.15, -0.1) is 0 Å². The molecule has 0 spiro atoms. The number of benzene rings is 3. The summed E-state index contributed by atoms with van der Waals surface area (Å²) >= 11 is 0. The van der Waals surface area contributed by atoms with E-state index in [1.54, 1.807) is 20.3 Å². The number of phenols is 1. The normalized spacial score (nSPS) is 20.6. The van der Waals surface area contributed by atoms with Gasteiger partial charge in [0.1, 0.15) is 5.78 Å². The number of ether oxygens (including phenoxy) is 3. The minimum Gasteiger partial charge on any atom is -0.504 e. The maximum absolute atomic E-state index is 13.8. The van der Waals surface area contributed by atoms with E-state index in [1.165, 1.54) is 0 Å². The molecule has 3 unspecified atom stereocenters. The first-order valence-electron chi connectivity index (χ1n) is 12.1. The van der Waals surface area contributed by atoms with Gasteiger partial charge in [0.05, 0.1) is 44.2 Å². The molecule has 1 aliphatic carbocycles. The minimum atomic E-state index is -0.437. The number of carbonyl (C=O) groups is 1. The van der Waals surface area contributed by atoms with Crippen LogP contribution in [0.4, 0.5) is 11.4 Å². The van der Waals surface area contributed by atoms with Gasteiger partial charge < -0.3 is 30.0 Å². The fourth-order valence-corrected chi connectivity index (χ4v) is 5.07. The van der Waals surface area contributed by atoms with E-state index >= 15 is 0 Å². The second-order valence-corrected chi connectivity index (χ2v) is 8.94. The van der Waals surface area contributed by atoms with Crippen LogP contribution in [0.3, 0.4) is 0 Å². The van der Waals surface area contributed by atoms with Gasteiger partial charge in [0.2, 0.25) is 0 Å². The number of nitrogens with one attached hydrogen (secondary N) is 2. The van der Waals surface area contributed by atoms with Gasteiger partial charge in [-0.25, -0.2) is 0 Å². The number of hydrogen-bond acceptors (Lipinski definition) is 7. The van der Waals surface area contributed by atoms with Gasteiger partial charge in [-0.2, -0.15) is 0 Å². The summed E-state index contributed by atoms with van der Waals surface area (Å²) in [5, 5.41) is 17.4. The van der Waals surface area contributed by atoms with Crippen LogP contribution in [0.5, 0.6) is 23.0 Å². The van der Waals surface area contributed by atoms with Gasteiger partial charge in [-0.05, 0) is 54.4 Å². The first kappa shape index (κ1) is 23.6. The summed E-state index contributed by atoms with van der Waals surface area (Å²) in [5.74, 6) is 1.34. The zero-order valence-corrected chi connectivity index (χ0v) is 20.6. The fraction of sp³-hybridized carbons (Fsp3) is 0.276. The van der Waals surface area contributed by atoms with E-state index in [0.29, 0.717) is 30.3 Å². The van der Waals surface area contributed by atoms with Crippen LogP contribution in [0, 0.1) is 5.92 Å². The molecule has 36 heavy (non-hydrogen) atoms. The van der Waals surface area contributed by atoms with Crippen molar-refractivity contribution in [3.63, 3.8) is 0 Å². The largest absolute Gasteiger partial charge is 0.504 e. The van der Waals surface area contributed by atoms with Gasteiger partial charge in [-0.3, -0.25) is 4.79 Å². The summed E-state index contributed by atoms with van der Waals surface area (Å²) in [6.07, 6.45) is 2.50. The number of rotatable bonds is 6. The van der Waals surface area contributed by atoms with Crippen molar-refractivity contribution < 1.29 is 24.1 Å². The van der Waals surface area contributed by atoms with Gasteiger partial charge in [0.25, 0.3) is 0 Å². The Bertz CT molecular complexity index is 1320. The number of Topliss-reactive ketones (excluding diaryl/α,β-unsaturated/α-hetero) is 1. The Morgan fingerprint density at radius 2 is 1.64 bits per heavy atom. The lowest BCUT2D eigenvalue weighted by Gasteiger charge is -2.32. The number of para-hydroxylation sites is 2. The Kier molecular flexibility index (Phi) is 6.46. The van der Waals surface area contributed by atoms with Crippen LogP contribution in [0.2, 0.25) is 0 Å². The number of hydrogen-bond donors (Lipinski definition) is 3. The molecule has 0 aromatic heterocycles. The first-order chi connectivity index (χ1) is 17.5. The van der Waals surface area contributed by atoms with E-state index in [9.17, 15) is 9.90 Å². The van der Waals surface area contributed by atoms with Crippen molar-refractivity contribution in [2.75, 3.05) is 31.5 Å². The zero-order chi connectivity index (χ0) is 25.2. The molecule has 7 heteroatoms. The quantitative estimate of drug-likeness (QED) is 0.415. The molecule has 186 valence electrons. The molecule has 0 bridgehead atoms. The predicted molar refractivity (Wildman–Crippen MR) is 139 cm³/mol. The second kappa shape index (κ2) is 9.85. The fourth-order valence-electron chi connectivity index (χ4n) is 5.07. The van der Waals surface area contributed by atoms with Crippen LogP contribution in [0.15, 0.2) is 72.4 Å². The monoisotopic (exact) mass is 486 g/mol. The van der Waals surface area contributed by atoms with E-state index in [4.69, 9.17) is 14.2 Å². The van der Waals surface area contributed by atoms with Crippen LogP contribution < -0.4 is 24.8 Å². The molecule has 2 aliphatic rings. The molecule has 1 heterocycles. The molecule has 1 aliphatic heterocycles. The number of allylic oxidation sites excluding steroid dienone is 1. The Morgan fingerprint density at radius 1 is 0.917 bits per heavy atom. The zero-order valence-electron chi connectivity index (χ0n) is 20.6. The number of fused-ring (bicyclic) bond motifs is 2. The van der Waals surface area contributed by atoms with Crippen molar-refractivity contribution in [3.8, 4) is 23.0 Å². The number of aromatic hydroxyl groups is 1. The molecule has 3 atom stereocenters. The molecule has 0 saturated heterocycles. The Labute approximate surface area is 210 Å². The third-order valence-corrected chi connectivity index (χ3v) is 6.81. The van der Waals surface area contributed by atoms with Gasteiger partial charge in [0, 0.05) is 18.0 Å². The highest BCUT2D eigenvalue weighted by atomic mass is 16.5. The lowest BCUT2D eigenvalue weighted by atomic mass is 9.76. The number of methoxy groups -OCH3 is 2. The minimum absolute atomic E-state index is 0.0759. The van der Waals surface area contributed by atoms with E-state index in [1.807, 2.05) is 61.5 Å². The van der Waals surface area contributed by atoms with Crippen molar-refractivity contribution in [1.29, 1.82) is 0 Å². The number of carbonyl (C=O) groups excluding carboxylic acids is 1. The highest BCUT2D eigenvalue weighted by Crippen LogP contribution is 2.46. The maximum Gasteiger partial charge on any atom is 0.161 e. The van der Waals surface area contributed by atoms with E-state index in [2.05, 4.69) is 16.7 Å². The summed E-state index contributed by atoms with van der Waals surface area (Å²) < 4.78 is 16.5. The van der Waals surface area contributed by atoms with E-state index in [-0.39, 0.29) is 23.5 Å². The van der Waals surface area contributed by atoms with E-state index in [0.717, 1.165) is 28.2 Å². The van der Waals surface area contributed by atoms with Crippen molar-refractivity contribution in [1.82, 2.24) is 0 Å². The smallest absolute Gasteiger partial charge is 0.161 e. The molecule has 0 saturated carbocycles. The summed E-state index contributed by atoms with van der Waals surface area (Å²) in [4.78, 5) is 13.8. The topological polar surface area (TPSA) is 89.0 Å². The molecule has 0 radical (unpaired) electrons. The summed E-state index contributed by atoms with van der Waals surface area (Å²) in [5.41, 5.74) is 4.50. The Hall–Kier alpha value is -4.13. The standard InChI is InChI=1S/C29H30N2O5/c1-4-36-26-16-18(9-11-23(26)32)29-28-22(30-20-7-5-6-8-21(20)31-29)13-19(14-24(28)33)17-10-12-25(34-2)27(15-17)35-3/h5-13,15-16,19,28-32H,4,14H2,1-3H3. The van der Waals surface area contributed by atoms with Gasteiger partial charge in [0.15, 0.2) is 23.0 Å². The Morgan fingerprint density at radius 3 is 2.39 bits per heavy atom. The number of anilines is 2.